The number of phenols is 1. The monoisotopic (exact) mass is 1120 g/mol. The molecule has 17 nitrogen and oxygen atoms in total. The van der Waals surface area contributed by atoms with Crippen LogP contribution in [0, 0.1) is 0 Å². The average Bonchev–Trinajstić information content (AvgIpc) is 3.97. The van der Waals surface area contributed by atoms with E-state index in [1.54, 1.807) is 48.6 Å². The normalized spacial score (nSPS) is 12.2. The van der Waals surface area contributed by atoms with Crippen molar-refractivity contribution in [2.45, 2.75) is 40.7 Å². The van der Waals surface area contributed by atoms with Crippen molar-refractivity contribution >= 4 is 70.7 Å². The van der Waals surface area contributed by atoms with E-state index >= 15 is 0 Å². The molecule has 4 heterocycles. The Bertz CT molecular complexity index is 3280. The van der Waals surface area contributed by atoms with Crippen molar-refractivity contribution in [1.82, 2.24) is 28.7 Å². The molecular formula is C39H35F9N7NaO10S5. The molecule has 0 saturated carbocycles. The zero-order chi connectivity index (χ0) is 52.0. The van der Waals surface area contributed by atoms with E-state index in [4.69, 9.17) is 9.47 Å². The third-order valence-corrected chi connectivity index (χ3v) is 14.9. The number of thioether (sulfide) groups is 2. The molecule has 0 spiro atoms. The van der Waals surface area contributed by atoms with Gasteiger partial charge in [-0.25, -0.2) is 19.9 Å². The second-order valence-corrected chi connectivity index (χ2v) is 21.0. The van der Waals surface area contributed by atoms with Gasteiger partial charge in [0.25, 0.3) is 0 Å². The van der Waals surface area contributed by atoms with Crippen LogP contribution < -0.4 is 46.9 Å². The van der Waals surface area contributed by atoms with E-state index in [-0.39, 0.29) is 42.5 Å². The first-order valence-electron chi connectivity index (χ1n) is 19.1. The molecular weight excluding hydrogens is 1080 g/mol. The Morgan fingerprint density at radius 1 is 0.620 bits per heavy atom. The minimum atomic E-state index is -6.81. The molecule has 0 unspecified atom stereocenters. The molecule has 1 N–H and O–H groups in total. The summed E-state index contributed by atoms with van der Waals surface area (Å²) in [4.78, 5) is 17.8. The second-order valence-electron chi connectivity index (χ2n) is 13.2. The number of sulfonamides is 2. The predicted molar refractivity (Wildman–Crippen MR) is 240 cm³/mol. The fraction of sp³-hybridized carbons (Fsp3) is 0.231. The Hall–Kier alpha value is -5.18. The van der Waals surface area contributed by atoms with E-state index in [9.17, 15) is 69.9 Å². The van der Waals surface area contributed by atoms with Crippen LogP contribution in [0.5, 0.6) is 23.0 Å². The molecule has 0 saturated heterocycles. The standard InChI is InChI=1S/C16H14F3N3O4S2.C15H15N3O2S.C8H5F6NO4S2.Na.H/c1-3-27-15-21-11(9-14-20-6-7-22(14)15)10-4-5-12(13(8-10)25-2)26-28(23,24)16(17,18)19;1-3-21-15-17-11(9-14-16-6-7-18(14)15)10-4-5-12(19)13(8-10)20-2;9-7(10,11)20(16,17)15(6-4-2-1-3-5-6)21(18,19)8(12,13)14;;/h4-9H,3H2,1-2H3;4-9,19H,3H2,1-2H3;1-5H;;/q;;;+1;-1. The van der Waals surface area contributed by atoms with E-state index in [2.05, 4.69) is 31.0 Å². The average molecular weight is 1120 g/mol. The Morgan fingerprint density at radius 3 is 1.46 bits per heavy atom. The van der Waals surface area contributed by atoms with Gasteiger partial charge in [-0.1, -0.05) is 55.6 Å². The number of para-hydroxylation sites is 1. The zero-order valence-electron chi connectivity index (χ0n) is 37.9. The van der Waals surface area contributed by atoms with Crippen LogP contribution >= 0.6 is 23.5 Å². The van der Waals surface area contributed by atoms with Crippen LogP contribution in [0.25, 0.3) is 33.8 Å². The summed E-state index contributed by atoms with van der Waals surface area (Å²) >= 11 is 3.16. The molecule has 0 fully saturated rings. The van der Waals surface area contributed by atoms with Crippen LogP contribution in [0.2, 0.25) is 0 Å². The van der Waals surface area contributed by atoms with Gasteiger partial charge in [0.2, 0.25) is 0 Å². The number of benzene rings is 3. The van der Waals surface area contributed by atoms with Gasteiger partial charge in [0.1, 0.15) is 11.3 Å². The molecule has 3 aromatic carbocycles. The molecule has 0 bridgehead atoms. The molecule has 0 aliphatic heterocycles. The van der Waals surface area contributed by atoms with Crippen molar-refractivity contribution in [1.29, 1.82) is 0 Å². The number of halogens is 9. The van der Waals surface area contributed by atoms with Gasteiger partial charge in [-0.3, -0.25) is 8.80 Å². The van der Waals surface area contributed by atoms with Gasteiger partial charge < -0.3 is 20.2 Å². The number of hydrogen-bond acceptors (Lipinski definition) is 16. The summed E-state index contributed by atoms with van der Waals surface area (Å²) in [6, 6.07) is 16.5. The summed E-state index contributed by atoms with van der Waals surface area (Å²) < 4.78 is 196. The van der Waals surface area contributed by atoms with Gasteiger partial charge >= 0.3 is 76.2 Å². The summed E-state index contributed by atoms with van der Waals surface area (Å²) in [5, 5.41) is 11.3. The first-order valence-corrected chi connectivity index (χ1v) is 25.4. The largest absolute Gasteiger partial charge is 1.00 e. The maximum Gasteiger partial charge on any atom is 1.00 e. The summed E-state index contributed by atoms with van der Waals surface area (Å²) in [6.07, 6.45) is 7.06. The molecule has 0 radical (unpaired) electrons. The molecule has 0 atom stereocenters. The fourth-order valence-corrected chi connectivity index (χ4v) is 10.2. The van der Waals surface area contributed by atoms with Crippen LogP contribution in [-0.4, -0.2) is 101 Å². The molecule has 4 aromatic heterocycles. The Morgan fingerprint density at radius 2 is 1.06 bits per heavy atom. The minimum absolute atomic E-state index is 0. The second kappa shape index (κ2) is 23.1. The summed E-state index contributed by atoms with van der Waals surface area (Å²) in [6.45, 7) is 4.06. The minimum Gasteiger partial charge on any atom is -1.00 e. The molecule has 0 amide bonds. The van der Waals surface area contributed by atoms with Crippen LogP contribution in [-0.2, 0) is 30.2 Å². The van der Waals surface area contributed by atoms with Crippen LogP contribution in [0.1, 0.15) is 15.3 Å². The van der Waals surface area contributed by atoms with Gasteiger partial charge in [-0.15, -0.1) is 3.71 Å². The van der Waals surface area contributed by atoms with E-state index in [1.165, 1.54) is 38.1 Å². The SMILES string of the molecule is CCSc1nc(-c2ccc(O)c(OC)c2)cc2nccn12.CCSc1nc(-c2ccc(OS(=O)(=O)C(F)(F)F)c(OC)c2)cc2nccn12.O=S(=O)(N(c1ccccc1)S(=O)(=O)C(F)(F)F)C(F)(F)F.[H-].[Na+]. The number of aromatic nitrogens is 6. The van der Waals surface area contributed by atoms with E-state index in [0.717, 1.165) is 57.8 Å². The van der Waals surface area contributed by atoms with Crippen LogP contribution in [0.15, 0.2) is 114 Å². The third-order valence-electron chi connectivity index (χ3n) is 8.67. The number of nitrogens with zero attached hydrogens (tertiary/aromatic N) is 7. The number of alkyl halides is 9. The number of rotatable bonds is 13. The molecule has 7 rings (SSSR count). The van der Waals surface area contributed by atoms with Crippen molar-refractivity contribution < 1.29 is 115 Å². The zero-order valence-corrected chi connectivity index (χ0v) is 43.0. The summed E-state index contributed by atoms with van der Waals surface area (Å²) in [5.41, 5.74) is -15.2. The van der Waals surface area contributed by atoms with E-state index < -0.39 is 61.8 Å². The van der Waals surface area contributed by atoms with Gasteiger partial charge in [-0.05, 0) is 60.0 Å². The number of imidazole rings is 2. The third kappa shape index (κ3) is 13.3. The van der Waals surface area contributed by atoms with Crippen LogP contribution in [0.3, 0.4) is 0 Å². The number of hydrogen-bond donors (Lipinski definition) is 1. The van der Waals surface area contributed by atoms with Crippen molar-refractivity contribution in [3.05, 3.63) is 104 Å². The van der Waals surface area contributed by atoms with Crippen molar-refractivity contribution in [2.75, 3.05) is 29.4 Å². The molecule has 380 valence electrons. The number of phenolic OH excluding ortho intramolecular Hbond substituents is 1. The van der Waals surface area contributed by atoms with Crippen molar-refractivity contribution in [2.24, 2.45) is 0 Å². The van der Waals surface area contributed by atoms with Crippen molar-refractivity contribution in [3.8, 4) is 45.5 Å². The topological polar surface area (TPSA) is 214 Å². The Kier molecular flexibility index (Phi) is 19.0. The first-order chi connectivity index (χ1) is 32.6. The smallest absolute Gasteiger partial charge is 1.00 e. The van der Waals surface area contributed by atoms with E-state index in [0.29, 0.717) is 39.9 Å². The molecule has 71 heavy (non-hydrogen) atoms. The maximum atomic E-state index is 12.6. The molecule has 32 heteroatoms. The number of anilines is 1. The number of ether oxygens (including phenoxy) is 2. The summed E-state index contributed by atoms with van der Waals surface area (Å²) in [5.74, 6) is 1.50. The maximum absolute atomic E-state index is 12.6. The fourth-order valence-electron chi connectivity index (χ4n) is 5.59. The number of methoxy groups -OCH3 is 2. The van der Waals surface area contributed by atoms with Gasteiger partial charge in [0, 0.05) is 48.0 Å². The van der Waals surface area contributed by atoms with Gasteiger partial charge in [0.05, 0.1) is 31.3 Å². The van der Waals surface area contributed by atoms with Gasteiger partial charge in [0.15, 0.2) is 33.3 Å². The summed E-state index contributed by atoms with van der Waals surface area (Å²) in [7, 11) is -16.7. The number of aromatic hydroxyl groups is 1. The van der Waals surface area contributed by atoms with Gasteiger partial charge in [-0.2, -0.15) is 64.8 Å². The Labute approximate surface area is 430 Å². The molecule has 0 aliphatic rings. The molecule has 7 aromatic rings. The number of fused-ring (bicyclic) bond motifs is 2. The van der Waals surface area contributed by atoms with E-state index in [1.807, 2.05) is 34.1 Å². The van der Waals surface area contributed by atoms with Crippen LogP contribution in [0.4, 0.5) is 45.2 Å². The predicted octanol–water partition coefficient (Wildman–Crippen LogP) is 6.28. The first kappa shape index (κ1) is 58.4. The Balaban J connectivity index is 0.000000286. The van der Waals surface area contributed by atoms with Crippen molar-refractivity contribution in [3.63, 3.8) is 0 Å². The quantitative estimate of drug-likeness (QED) is 0.0336. The molecule has 0 aliphatic carbocycles.